The maximum atomic E-state index is 4.88. The van der Waals surface area contributed by atoms with Crippen molar-refractivity contribution in [2.24, 2.45) is 0 Å². The van der Waals surface area contributed by atoms with Crippen molar-refractivity contribution in [3.8, 4) is 17.1 Å². The number of hydrogen-bond acceptors (Lipinski definition) is 3. The van der Waals surface area contributed by atoms with Gasteiger partial charge in [0.25, 0.3) is 0 Å². The summed E-state index contributed by atoms with van der Waals surface area (Å²) < 4.78 is 3.26. The van der Waals surface area contributed by atoms with E-state index in [2.05, 4.69) is 82.6 Å². The van der Waals surface area contributed by atoms with E-state index in [4.69, 9.17) is 15.0 Å². The fourth-order valence-electron chi connectivity index (χ4n) is 3.21. The molecule has 2 heterocycles. The summed E-state index contributed by atoms with van der Waals surface area (Å²) in [6, 6.07) is 24.7. The zero-order valence-electron chi connectivity index (χ0n) is 14.6. The molecule has 5 aromatic rings. The molecule has 4 nitrogen and oxygen atoms in total. The largest absolute Gasteiger partial charge is 0.275 e. The minimum absolute atomic E-state index is 0.656. The summed E-state index contributed by atoms with van der Waals surface area (Å²) in [5, 5.41) is 0. The summed E-state index contributed by atoms with van der Waals surface area (Å²) in [7, 11) is 0. The van der Waals surface area contributed by atoms with E-state index in [1.54, 1.807) is 0 Å². The van der Waals surface area contributed by atoms with Crippen molar-refractivity contribution >= 4 is 44.9 Å². The molecule has 0 saturated heterocycles. The molecule has 0 saturated carbocycles. The Morgan fingerprint density at radius 3 is 2.26 bits per heavy atom. The minimum atomic E-state index is 0.656. The highest BCUT2D eigenvalue weighted by Gasteiger charge is 2.17. The smallest absolute Gasteiger partial charge is 0.199 e. The van der Waals surface area contributed by atoms with E-state index in [1.807, 2.05) is 24.3 Å². The van der Waals surface area contributed by atoms with Crippen LogP contribution in [0.5, 0.6) is 0 Å². The van der Waals surface area contributed by atoms with Crippen molar-refractivity contribution in [2.75, 3.05) is 0 Å². The van der Waals surface area contributed by atoms with E-state index in [-0.39, 0.29) is 0 Å². The summed E-state index contributed by atoms with van der Waals surface area (Å²) in [4.78, 5) is 14.5. The second-order valence-corrected chi connectivity index (χ2v) is 7.72. The first kappa shape index (κ1) is 16.4. The lowest BCUT2D eigenvalue weighted by atomic mass is 10.1. The maximum Gasteiger partial charge on any atom is 0.199 e. The normalized spacial score (nSPS) is 11.3. The van der Waals surface area contributed by atoms with Gasteiger partial charge in [-0.15, -0.1) is 0 Å². The number of para-hydroxylation sites is 2. The van der Waals surface area contributed by atoms with Crippen molar-refractivity contribution in [3.05, 3.63) is 81.9 Å². The standard InChI is InChI=1S/C22H15IN4/c1-14-9-11-15(12-10-14)21-26-20-22(25-19-8-3-2-7-18(19)24-20)27(21)17-6-4-5-16(23)13-17/h2-13H,1H3. The molecule has 5 rings (SSSR count). The van der Waals surface area contributed by atoms with Gasteiger partial charge in [0.2, 0.25) is 0 Å². The number of aromatic nitrogens is 4. The van der Waals surface area contributed by atoms with Crippen LogP contribution in [0.4, 0.5) is 0 Å². The predicted molar refractivity (Wildman–Crippen MR) is 117 cm³/mol. The van der Waals surface area contributed by atoms with Crippen LogP contribution in [-0.2, 0) is 0 Å². The van der Waals surface area contributed by atoms with Gasteiger partial charge in [-0.2, -0.15) is 0 Å². The number of hydrogen-bond donors (Lipinski definition) is 0. The Labute approximate surface area is 170 Å². The monoisotopic (exact) mass is 462 g/mol. The fraction of sp³-hybridized carbons (Fsp3) is 0.0455. The van der Waals surface area contributed by atoms with Gasteiger partial charge in [0.05, 0.1) is 16.7 Å². The van der Waals surface area contributed by atoms with E-state index >= 15 is 0 Å². The molecule has 0 spiro atoms. The Morgan fingerprint density at radius 2 is 1.52 bits per heavy atom. The van der Waals surface area contributed by atoms with Crippen molar-refractivity contribution in [1.29, 1.82) is 0 Å². The molecule has 5 heteroatoms. The minimum Gasteiger partial charge on any atom is -0.275 e. The Kier molecular flexibility index (Phi) is 3.89. The highest BCUT2D eigenvalue weighted by Crippen LogP contribution is 2.29. The van der Waals surface area contributed by atoms with Gasteiger partial charge in [-0.05, 0) is 59.8 Å². The van der Waals surface area contributed by atoms with E-state index in [0.29, 0.717) is 5.65 Å². The first-order valence-corrected chi connectivity index (χ1v) is 9.75. The van der Waals surface area contributed by atoms with Crippen LogP contribution in [0, 0.1) is 10.5 Å². The average molecular weight is 462 g/mol. The van der Waals surface area contributed by atoms with Crippen LogP contribution in [0.1, 0.15) is 5.56 Å². The highest BCUT2D eigenvalue weighted by molar-refractivity contribution is 14.1. The molecule has 3 aromatic carbocycles. The number of benzene rings is 3. The lowest BCUT2D eigenvalue weighted by molar-refractivity contribution is 1.08. The first-order chi connectivity index (χ1) is 13.2. The van der Waals surface area contributed by atoms with Gasteiger partial charge in [0.15, 0.2) is 11.3 Å². The van der Waals surface area contributed by atoms with Crippen LogP contribution in [0.25, 0.3) is 39.4 Å². The van der Waals surface area contributed by atoms with Crippen LogP contribution in [0.3, 0.4) is 0 Å². The van der Waals surface area contributed by atoms with Gasteiger partial charge in [-0.1, -0.05) is 48.0 Å². The lowest BCUT2D eigenvalue weighted by Gasteiger charge is -2.09. The van der Waals surface area contributed by atoms with Crippen LogP contribution in [0.15, 0.2) is 72.8 Å². The molecule has 0 unspecified atom stereocenters. The summed E-state index contributed by atoms with van der Waals surface area (Å²) >= 11 is 2.33. The summed E-state index contributed by atoms with van der Waals surface area (Å²) in [6.07, 6.45) is 0. The number of imidazole rings is 1. The topological polar surface area (TPSA) is 43.6 Å². The molecule has 0 atom stereocenters. The average Bonchev–Trinajstić information content (AvgIpc) is 3.05. The van der Waals surface area contributed by atoms with Gasteiger partial charge in [0.1, 0.15) is 5.82 Å². The molecule has 2 aromatic heterocycles. The summed E-state index contributed by atoms with van der Waals surface area (Å²) in [6.45, 7) is 2.09. The number of fused-ring (bicyclic) bond motifs is 2. The third kappa shape index (κ3) is 2.88. The van der Waals surface area contributed by atoms with Crippen LogP contribution >= 0.6 is 22.6 Å². The molecule has 0 aliphatic heterocycles. The van der Waals surface area contributed by atoms with Gasteiger partial charge >= 0.3 is 0 Å². The molecule has 0 amide bonds. The van der Waals surface area contributed by atoms with Crippen molar-refractivity contribution in [3.63, 3.8) is 0 Å². The Bertz CT molecular complexity index is 1290. The highest BCUT2D eigenvalue weighted by atomic mass is 127. The zero-order chi connectivity index (χ0) is 18.4. The van der Waals surface area contributed by atoms with Crippen LogP contribution in [-0.4, -0.2) is 19.5 Å². The van der Waals surface area contributed by atoms with Crippen LogP contribution < -0.4 is 0 Å². The van der Waals surface area contributed by atoms with E-state index in [1.165, 1.54) is 5.56 Å². The molecule has 27 heavy (non-hydrogen) atoms. The molecule has 0 aliphatic rings. The fourth-order valence-corrected chi connectivity index (χ4v) is 3.74. The maximum absolute atomic E-state index is 4.88. The van der Waals surface area contributed by atoms with Crippen LogP contribution in [0.2, 0.25) is 0 Å². The lowest BCUT2D eigenvalue weighted by Crippen LogP contribution is -1.99. The third-order valence-electron chi connectivity index (χ3n) is 4.55. The molecule has 0 aliphatic carbocycles. The molecule has 0 N–H and O–H groups in total. The summed E-state index contributed by atoms with van der Waals surface area (Å²) in [5.41, 5.74) is 6.44. The van der Waals surface area contributed by atoms with Gasteiger partial charge < -0.3 is 0 Å². The van der Waals surface area contributed by atoms with Gasteiger partial charge in [-0.3, -0.25) is 4.57 Å². The third-order valence-corrected chi connectivity index (χ3v) is 5.22. The number of rotatable bonds is 2. The first-order valence-electron chi connectivity index (χ1n) is 8.67. The number of aryl methyl sites for hydroxylation is 1. The van der Waals surface area contributed by atoms with Crippen molar-refractivity contribution in [1.82, 2.24) is 19.5 Å². The summed E-state index contributed by atoms with van der Waals surface area (Å²) in [5.74, 6) is 0.849. The Morgan fingerprint density at radius 1 is 0.778 bits per heavy atom. The molecule has 130 valence electrons. The molecular weight excluding hydrogens is 447 g/mol. The quantitative estimate of drug-likeness (QED) is 0.323. The van der Waals surface area contributed by atoms with Gasteiger partial charge in [-0.25, -0.2) is 15.0 Å². The van der Waals surface area contributed by atoms with E-state index in [0.717, 1.165) is 37.3 Å². The van der Waals surface area contributed by atoms with E-state index in [9.17, 15) is 0 Å². The number of nitrogens with zero attached hydrogens (tertiary/aromatic N) is 4. The van der Waals surface area contributed by atoms with Crippen molar-refractivity contribution in [2.45, 2.75) is 6.92 Å². The molecular formula is C22H15IN4. The zero-order valence-corrected chi connectivity index (χ0v) is 16.8. The molecule has 0 radical (unpaired) electrons. The second kappa shape index (κ2) is 6.42. The molecule has 0 fully saturated rings. The Balaban J connectivity index is 1.88. The predicted octanol–water partition coefficient (Wildman–Crippen LogP) is 5.55. The number of halogens is 1. The molecule has 0 bridgehead atoms. The SMILES string of the molecule is Cc1ccc(-c2nc3nc4ccccc4nc3n2-c2cccc(I)c2)cc1. The van der Waals surface area contributed by atoms with E-state index < -0.39 is 0 Å². The van der Waals surface area contributed by atoms with Gasteiger partial charge in [0, 0.05) is 9.13 Å². The second-order valence-electron chi connectivity index (χ2n) is 6.48. The van der Waals surface area contributed by atoms with Crippen molar-refractivity contribution < 1.29 is 0 Å². The Hall–Kier alpha value is -2.80.